The lowest BCUT2D eigenvalue weighted by atomic mass is 9.66. The number of para-hydroxylation sites is 1. The molecule has 0 spiro atoms. The predicted octanol–water partition coefficient (Wildman–Crippen LogP) is 3.52. The highest BCUT2D eigenvalue weighted by molar-refractivity contribution is 5.39. The van der Waals surface area contributed by atoms with Crippen molar-refractivity contribution in [3.05, 3.63) is 29.8 Å². The summed E-state index contributed by atoms with van der Waals surface area (Å²) in [7, 11) is 1.71. The molecule has 1 aromatic rings. The molecular weight excluding hydrogens is 224 g/mol. The van der Waals surface area contributed by atoms with Gasteiger partial charge in [0.1, 0.15) is 5.75 Å². The summed E-state index contributed by atoms with van der Waals surface area (Å²) >= 11 is 0. The van der Waals surface area contributed by atoms with E-state index in [2.05, 4.69) is 26.0 Å². The molecule has 1 saturated carbocycles. The third kappa shape index (κ3) is 2.39. The number of methoxy groups -OCH3 is 1. The van der Waals surface area contributed by atoms with Gasteiger partial charge in [-0.05, 0) is 30.2 Å². The van der Waals surface area contributed by atoms with E-state index < -0.39 is 0 Å². The third-order valence-electron chi connectivity index (χ3n) is 4.46. The minimum absolute atomic E-state index is 0.0492. The lowest BCUT2D eigenvalue weighted by molar-refractivity contribution is 0.0315. The molecule has 18 heavy (non-hydrogen) atoms. The summed E-state index contributed by atoms with van der Waals surface area (Å²) < 4.78 is 5.48. The first-order valence-corrected chi connectivity index (χ1v) is 6.89. The van der Waals surface area contributed by atoms with Crippen LogP contribution in [0, 0.1) is 5.92 Å². The van der Waals surface area contributed by atoms with E-state index in [0.717, 1.165) is 25.0 Å². The van der Waals surface area contributed by atoms with Gasteiger partial charge < -0.3 is 9.84 Å². The second kappa shape index (κ2) is 5.31. The lowest BCUT2D eigenvalue weighted by Gasteiger charge is -2.41. The van der Waals surface area contributed by atoms with Gasteiger partial charge in [0.25, 0.3) is 0 Å². The number of ether oxygens (including phenoxy) is 1. The molecule has 2 rings (SSSR count). The lowest BCUT2D eigenvalue weighted by Crippen LogP contribution is -2.39. The Kier molecular flexibility index (Phi) is 3.96. The monoisotopic (exact) mass is 248 g/mol. The van der Waals surface area contributed by atoms with Crippen LogP contribution in [0.4, 0.5) is 0 Å². The van der Waals surface area contributed by atoms with Crippen LogP contribution in [0.25, 0.3) is 0 Å². The molecule has 1 N–H and O–H groups in total. The number of aliphatic hydroxyl groups is 1. The second-order valence-electron chi connectivity index (χ2n) is 5.88. The summed E-state index contributed by atoms with van der Waals surface area (Å²) in [5.41, 5.74) is 1.16. The van der Waals surface area contributed by atoms with Gasteiger partial charge in [-0.1, -0.05) is 44.9 Å². The molecule has 0 unspecified atom stereocenters. The topological polar surface area (TPSA) is 29.5 Å². The number of benzene rings is 1. The van der Waals surface area contributed by atoms with Gasteiger partial charge in [0.2, 0.25) is 0 Å². The van der Waals surface area contributed by atoms with Gasteiger partial charge in [0, 0.05) is 5.56 Å². The van der Waals surface area contributed by atoms with Crippen molar-refractivity contribution >= 4 is 0 Å². The summed E-state index contributed by atoms with van der Waals surface area (Å²) in [6.07, 6.45) is 4.23. The molecule has 1 aromatic carbocycles. The fourth-order valence-corrected chi connectivity index (χ4v) is 3.33. The van der Waals surface area contributed by atoms with Crippen LogP contribution >= 0.6 is 0 Å². The molecule has 2 heteroatoms. The van der Waals surface area contributed by atoms with E-state index in [9.17, 15) is 5.11 Å². The Morgan fingerprint density at radius 2 is 1.83 bits per heavy atom. The van der Waals surface area contributed by atoms with Gasteiger partial charge in [0.05, 0.1) is 13.2 Å². The first-order valence-electron chi connectivity index (χ1n) is 6.89. The molecule has 1 aliphatic rings. The van der Waals surface area contributed by atoms with E-state index in [0.29, 0.717) is 5.92 Å². The molecule has 0 bridgehead atoms. The second-order valence-corrected chi connectivity index (χ2v) is 5.88. The Morgan fingerprint density at radius 1 is 1.17 bits per heavy atom. The van der Waals surface area contributed by atoms with Gasteiger partial charge in [0.15, 0.2) is 0 Å². The van der Waals surface area contributed by atoms with Crippen molar-refractivity contribution in [2.75, 3.05) is 7.11 Å². The van der Waals surface area contributed by atoms with Gasteiger partial charge in [-0.3, -0.25) is 0 Å². The van der Waals surface area contributed by atoms with Crippen molar-refractivity contribution in [2.45, 2.75) is 51.0 Å². The molecule has 1 aliphatic carbocycles. The molecule has 2 nitrogen and oxygen atoms in total. The van der Waals surface area contributed by atoms with Crippen LogP contribution in [-0.4, -0.2) is 18.3 Å². The third-order valence-corrected chi connectivity index (χ3v) is 4.46. The Bertz CT molecular complexity index is 398. The number of aliphatic hydroxyl groups excluding tert-OH is 1. The van der Waals surface area contributed by atoms with E-state index in [-0.39, 0.29) is 11.5 Å². The number of rotatable bonds is 3. The molecule has 0 radical (unpaired) electrons. The average molecular weight is 248 g/mol. The molecule has 100 valence electrons. The van der Waals surface area contributed by atoms with Crippen LogP contribution in [-0.2, 0) is 5.41 Å². The van der Waals surface area contributed by atoms with E-state index in [1.54, 1.807) is 7.11 Å². The van der Waals surface area contributed by atoms with Gasteiger partial charge in [-0.15, -0.1) is 0 Å². The minimum Gasteiger partial charge on any atom is -0.496 e. The fraction of sp³-hybridized carbons (Fsp3) is 0.625. The summed E-state index contributed by atoms with van der Waals surface area (Å²) in [6.45, 7) is 4.45. The zero-order chi connectivity index (χ0) is 13.2. The highest BCUT2D eigenvalue weighted by Gasteiger charge is 2.38. The first kappa shape index (κ1) is 13.4. The van der Waals surface area contributed by atoms with Crippen molar-refractivity contribution in [2.24, 2.45) is 5.92 Å². The van der Waals surface area contributed by atoms with Crippen LogP contribution in [0.3, 0.4) is 0 Å². The number of hydrogen-bond donors (Lipinski definition) is 1. The van der Waals surface area contributed by atoms with Gasteiger partial charge in [-0.25, -0.2) is 0 Å². The van der Waals surface area contributed by atoms with E-state index >= 15 is 0 Å². The maximum Gasteiger partial charge on any atom is 0.122 e. The van der Waals surface area contributed by atoms with Crippen molar-refractivity contribution in [1.82, 2.24) is 0 Å². The maximum atomic E-state index is 10.3. The van der Waals surface area contributed by atoms with Crippen molar-refractivity contribution < 1.29 is 9.84 Å². The maximum absolute atomic E-state index is 10.3. The normalized spacial score (nSPS) is 24.9. The quantitative estimate of drug-likeness (QED) is 0.886. The molecule has 2 atom stereocenters. The number of hydrogen-bond acceptors (Lipinski definition) is 2. The summed E-state index contributed by atoms with van der Waals surface area (Å²) in [5.74, 6) is 1.25. The molecule has 0 aliphatic heterocycles. The van der Waals surface area contributed by atoms with Crippen LogP contribution in [0.1, 0.15) is 45.1 Å². The van der Waals surface area contributed by atoms with Gasteiger partial charge in [-0.2, -0.15) is 0 Å². The average Bonchev–Trinajstić information content (AvgIpc) is 2.39. The Labute approximate surface area is 110 Å². The Balaban J connectivity index is 2.34. The predicted molar refractivity (Wildman–Crippen MR) is 74.0 cm³/mol. The Morgan fingerprint density at radius 3 is 2.50 bits per heavy atom. The minimum atomic E-state index is -0.182. The van der Waals surface area contributed by atoms with Crippen LogP contribution in [0.5, 0.6) is 5.75 Å². The standard InChI is InChI=1S/C16H24O2/c1-16(2,12-8-4-6-10-14(12)17)13-9-5-7-11-15(13)18-3/h5,7,9,11-12,14,17H,4,6,8,10H2,1-3H3/t12-,14-/m0/s1. The molecular formula is C16H24O2. The first-order chi connectivity index (χ1) is 8.57. The van der Waals surface area contributed by atoms with Crippen LogP contribution < -0.4 is 4.74 Å². The fourth-order valence-electron chi connectivity index (χ4n) is 3.33. The van der Waals surface area contributed by atoms with Crippen molar-refractivity contribution in [3.63, 3.8) is 0 Å². The van der Waals surface area contributed by atoms with Crippen LogP contribution in [0.2, 0.25) is 0 Å². The van der Waals surface area contributed by atoms with E-state index in [1.165, 1.54) is 12.0 Å². The highest BCUT2D eigenvalue weighted by Crippen LogP contribution is 2.43. The molecule has 1 fully saturated rings. The van der Waals surface area contributed by atoms with E-state index in [1.807, 2.05) is 12.1 Å². The molecule has 0 amide bonds. The largest absolute Gasteiger partial charge is 0.496 e. The Hall–Kier alpha value is -1.02. The van der Waals surface area contributed by atoms with E-state index in [4.69, 9.17) is 4.74 Å². The zero-order valence-corrected chi connectivity index (χ0v) is 11.6. The summed E-state index contributed by atoms with van der Waals surface area (Å²) in [6, 6.07) is 8.18. The molecule has 0 saturated heterocycles. The zero-order valence-electron chi connectivity index (χ0n) is 11.6. The highest BCUT2D eigenvalue weighted by atomic mass is 16.5. The van der Waals surface area contributed by atoms with Crippen LogP contribution in [0.15, 0.2) is 24.3 Å². The SMILES string of the molecule is COc1ccccc1C(C)(C)[C@H]1CCCC[C@@H]1O. The van der Waals surface area contributed by atoms with Gasteiger partial charge >= 0.3 is 0 Å². The molecule has 0 heterocycles. The molecule has 0 aromatic heterocycles. The van der Waals surface area contributed by atoms with Crippen molar-refractivity contribution in [3.8, 4) is 5.75 Å². The summed E-state index contributed by atoms with van der Waals surface area (Å²) in [4.78, 5) is 0. The smallest absolute Gasteiger partial charge is 0.122 e. The summed E-state index contributed by atoms with van der Waals surface area (Å²) in [5, 5.41) is 10.3. The van der Waals surface area contributed by atoms with Crippen molar-refractivity contribution in [1.29, 1.82) is 0 Å².